The van der Waals surface area contributed by atoms with E-state index in [4.69, 9.17) is 4.74 Å². The van der Waals surface area contributed by atoms with Crippen molar-refractivity contribution in [1.29, 1.82) is 0 Å². The first kappa shape index (κ1) is 23.3. The van der Waals surface area contributed by atoms with Gasteiger partial charge in [-0.25, -0.2) is 17.6 Å². The summed E-state index contributed by atoms with van der Waals surface area (Å²) in [5, 5.41) is 12.0. The molecule has 0 radical (unpaired) electrons. The molecular weight excluding hydrogens is 469 g/mol. The minimum Gasteiger partial charge on any atom is -0.466 e. The molecule has 0 saturated heterocycles. The minimum atomic E-state index is -4.17. The van der Waals surface area contributed by atoms with Gasteiger partial charge in [0.05, 0.1) is 23.7 Å². The van der Waals surface area contributed by atoms with Crippen LogP contribution in [0.25, 0.3) is 0 Å². The van der Waals surface area contributed by atoms with E-state index in [0.717, 1.165) is 21.5 Å². The van der Waals surface area contributed by atoms with Crippen molar-refractivity contribution in [3.63, 3.8) is 0 Å². The molecule has 5 rings (SSSR count). The molecule has 1 aliphatic heterocycles. The Kier molecular flexibility index (Phi) is 5.53. The number of ether oxygens (including phenoxy) is 1. The van der Waals surface area contributed by atoms with Gasteiger partial charge in [-0.2, -0.15) is 0 Å². The zero-order valence-electron chi connectivity index (χ0n) is 19.2. The molecule has 0 fully saturated rings. The van der Waals surface area contributed by atoms with Crippen LogP contribution in [0.3, 0.4) is 0 Å². The zero-order valence-corrected chi connectivity index (χ0v) is 20.0. The number of methoxy groups -OCH3 is 1. The molecule has 3 aromatic carbocycles. The molecule has 0 aromatic heterocycles. The second-order valence-corrected chi connectivity index (χ2v) is 10.7. The molecule has 35 heavy (non-hydrogen) atoms. The fourth-order valence-corrected chi connectivity index (χ4v) is 6.77. The highest BCUT2D eigenvalue weighted by Crippen LogP contribution is 2.55. The maximum atomic E-state index is 14.4. The molecule has 8 heteroatoms. The molecule has 0 bridgehead atoms. The number of hydrogen-bond donors (Lipinski definition) is 1. The van der Waals surface area contributed by atoms with E-state index in [9.17, 15) is 22.7 Å². The number of aliphatic hydroxyl groups is 1. The van der Waals surface area contributed by atoms with Gasteiger partial charge in [0.2, 0.25) is 0 Å². The first-order valence-corrected chi connectivity index (χ1v) is 12.6. The number of hydrogen-bond acceptors (Lipinski definition) is 5. The average molecular weight is 494 g/mol. The predicted molar refractivity (Wildman–Crippen MR) is 129 cm³/mol. The molecular formula is C27H24FNO5S. The summed E-state index contributed by atoms with van der Waals surface area (Å²) in [6, 6.07) is 18.0. The van der Waals surface area contributed by atoms with Crippen molar-refractivity contribution in [3.05, 3.63) is 107 Å². The van der Waals surface area contributed by atoms with Crippen LogP contribution in [0.2, 0.25) is 0 Å². The molecule has 0 spiro atoms. The number of esters is 1. The lowest BCUT2D eigenvalue weighted by atomic mass is 9.71. The van der Waals surface area contributed by atoms with E-state index >= 15 is 0 Å². The molecule has 6 nitrogen and oxygen atoms in total. The Hall–Kier alpha value is -3.49. The fraction of sp³-hybridized carbons (Fsp3) is 0.222. The van der Waals surface area contributed by atoms with E-state index < -0.39 is 39.4 Å². The Morgan fingerprint density at radius 3 is 2.43 bits per heavy atom. The lowest BCUT2D eigenvalue weighted by Crippen LogP contribution is -2.50. The molecule has 1 N–H and O–H groups in total. The summed E-state index contributed by atoms with van der Waals surface area (Å²) < 4.78 is 48.2. The van der Waals surface area contributed by atoms with E-state index in [1.54, 1.807) is 12.1 Å². The van der Waals surface area contributed by atoms with Gasteiger partial charge in [-0.1, -0.05) is 48.0 Å². The standard InChI is InChI=1S/C27H24FNO5S/c1-17-8-11-20(12-9-17)35(32,33)29-24-13-10-19(28)14-23(24)27(31)16-22(18-6-4-3-5-7-18)21(15-25(27)29)26(30)34-2/h3-15,22,25,31H,16H2,1-2H3/t22-,25+,27-/m0/s1. The van der Waals surface area contributed by atoms with Crippen LogP contribution in [0.15, 0.2) is 89.3 Å². The smallest absolute Gasteiger partial charge is 0.334 e. The van der Waals surface area contributed by atoms with Crippen molar-refractivity contribution >= 4 is 21.7 Å². The molecule has 2 aliphatic rings. The van der Waals surface area contributed by atoms with Crippen molar-refractivity contribution in [2.24, 2.45) is 0 Å². The van der Waals surface area contributed by atoms with Gasteiger partial charge in [0.1, 0.15) is 11.4 Å². The number of nitrogens with zero attached hydrogens (tertiary/aromatic N) is 1. The van der Waals surface area contributed by atoms with Gasteiger partial charge in [-0.3, -0.25) is 4.31 Å². The molecule has 0 amide bonds. The van der Waals surface area contributed by atoms with Crippen LogP contribution >= 0.6 is 0 Å². The van der Waals surface area contributed by atoms with Gasteiger partial charge in [0, 0.05) is 17.1 Å². The van der Waals surface area contributed by atoms with Crippen LogP contribution in [0.4, 0.5) is 10.1 Å². The van der Waals surface area contributed by atoms with Gasteiger partial charge < -0.3 is 9.84 Å². The Bertz CT molecular complexity index is 1440. The summed E-state index contributed by atoms with van der Waals surface area (Å²) in [4.78, 5) is 12.9. The number of carbonyl (C=O) groups is 1. The SMILES string of the molecule is COC(=O)C1=C[C@H]2N(S(=O)(=O)c3ccc(C)cc3)c3ccc(F)cc3[C@@]2(O)C[C@H]1c1ccccc1. The van der Waals surface area contributed by atoms with Gasteiger partial charge >= 0.3 is 5.97 Å². The number of benzene rings is 3. The second-order valence-electron chi connectivity index (χ2n) is 8.93. The van der Waals surface area contributed by atoms with Crippen LogP contribution in [0, 0.1) is 12.7 Å². The summed E-state index contributed by atoms with van der Waals surface area (Å²) in [5.41, 5.74) is 0.459. The average Bonchev–Trinajstić information content (AvgIpc) is 3.11. The molecule has 0 unspecified atom stereocenters. The molecule has 3 aromatic rings. The Labute approximate surface area is 203 Å². The van der Waals surface area contributed by atoms with Crippen LogP contribution in [0.1, 0.15) is 29.0 Å². The third-order valence-electron chi connectivity index (χ3n) is 6.83. The van der Waals surface area contributed by atoms with Crippen LogP contribution in [-0.4, -0.2) is 32.6 Å². The van der Waals surface area contributed by atoms with Crippen molar-refractivity contribution < 1.29 is 27.4 Å². The van der Waals surface area contributed by atoms with E-state index in [0.29, 0.717) is 0 Å². The van der Waals surface area contributed by atoms with Crippen LogP contribution < -0.4 is 4.31 Å². The predicted octanol–water partition coefficient (Wildman–Crippen LogP) is 4.19. The Morgan fingerprint density at radius 1 is 1.09 bits per heavy atom. The van der Waals surface area contributed by atoms with Crippen molar-refractivity contribution in [2.45, 2.75) is 35.8 Å². The minimum absolute atomic E-state index is 0.0285. The molecule has 1 aliphatic carbocycles. The largest absolute Gasteiger partial charge is 0.466 e. The number of aryl methyl sites for hydroxylation is 1. The summed E-state index contributed by atoms with van der Waals surface area (Å²) in [6.45, 7) is 1.85. The fourth-order valence-electron chi connectivity index (χ4n) is 5.11. The number of carbonyl (C=O) groups excluding carboxylic acids is 1. The second kappa shape index (κ2) is 8.32. The maximum Gasteiger partial charge on any atom is 0.334 e. The van der Waals surface area contributed by atoms with Gasteiger partial charge in [0.15, 0.2) is 0 Å². The third-order valence-corrected chi connectivity index (χ3v) is 8.64. The molecule has 1 heterocycles. The van der Waals surface area contributed by atoms with E-state index in [-0.39, 0.29) is 28.1 Å². The Morgan fingerprint density at radius 2 is 1.77 bits per heavy atom. The molecule has 180 valence electrons. The third kappa shape index (κ3) is 3.64. The summed E-state index contributed by atoms with van der Waals surface area (Å²) in [7, 11) is -2.92. The maximum absolute atomic E-state index is 14.4. The number of sulfonamides is 1. The molecule has 0 saturated carbocycles. The number of fused-ring (bicyclic) bond motifs is 3. The number of anilines is 1. The first-order chi connectivity index (χ1) is 16.7. The summed E-state index contributed by atoms with van der Waals surface area (Å²) in [6.07, 6.45) is 1.43. The quantitative estimate of drug-likeness (QED) is 0.551. The number of rotatable bonds is 4. The van der Waals surface area contributed by atoms with E-state index in [2.05, 4.69) is 0 Å². The van der Waals surface area contributed by atoms with E-state index in [1.807, 2.05) is 37.3 Å². The summed E-state index contributed by atoms with van der Waals surface area (Å²) in [5.74, 6) is -1.79. The lowest BCUT2D eigenvalue weighted by molar-refractivity contribution is -0.137. The first-order valence-electron chi connectivity index (χ1n) is 11.2. The zero-order chi connectivity index (χ0) is 25.0. The van der Waals surface area contributed by atoms with Crippen LogP contribution in [0.5, 0.6) is 0 Å². The highest BCUT2D eigenvalue weighted by Gasteiger charge is 2.57. The van der Waals surface area contributed by atoms with Crippen LogP contribution in [-0.2, 0) is 25.2 Å². The number of halogens is 1. The highest BCUT2D eigenvalue weighted by atomic mass is 32.2. The highest BCUT2D eigenvalue weighted by molar-refractivity contribution is 7.93. The van der Waals surface area contributed by atoms with Gasteiger partial charge in [-0.15, -0.1) is 0 Å². The van der Waals surface area contributed by atoms with Gasteiger partial charge in [0.25, 0.3) is 10.0 Å². The lowest BCUT2D eigenvalue weighted by Gasteiger charge is -2.40. The van der Waals surface area contributed by atoms with Crippen molar-refractivity contribution in [1.82, 2.24) is 0 Å². The topological polar surface area (TPSA) is 83.9 Å². The monoisotopic (exact) mass is 493 g/mol. The summed E-state index contributed by atoms with van der Waals surface area (Å²) >= 11 is 0. The molecule has 3 atom stereocenters. The normalized spacial score (nSPS) is 23.3. The van der Waals surface area contributed by atoms with Crippen molar-refractivity contribution in [3.8, 4) is 0 Å². The van der Waals surface area contributed by atoms with Crippen molar-refractivity contribution in [2.75, 3.05) is 11.4 Å². The van der Waals surface area contributed by atoms with E-state index in [1.165, 1.54) is 37.5 Å². The Balaban J connectivity index is 1.75. The van der Waals surface area contributed by atoms with Gasteiger partial charge in [-0.05, 0) is 55.3 Å².